The van der Waals surface area contributed by atoms with Gasteiger partial charge in [0.1, 0.15) is 5.75 Å². The molecule has 3 aromatic carbocycles. The van der Waals surface area contributed by atoms with E-state index in [0.717, 1.165) is 24.8 Å². The molecule has 0 saturated carbocycles. The molecule has 0 bridgehead atoms. The second kappa shape index (κ2) is 8.97. The second-order valence-corrected chi connectivity index (χ2v) is 7.82. The van der Waals surface area contributed by atoms with E-state index >= 15 is 0 Å². The number of phenolic OH excluding ortho intramolecular Hbond substituents is 1. The molecule has 3 aromatic rings. The Bertz CT molecular complexity index is 909. The predicted octanol–water partition coefficient (Wildman–Crippen LogP) is 6.02. The van der Waals surface area contributed by atoms with E-state index in [9.17, 15) is 9.67 Å². The first kappa shape index (κ1) is 19.3. The Balaban J connectivity index is 1.83. The molecule has 0 radical (unpaired) electrons. The van der Waals surface area contributed by atoms with Crippen molar-refractivity contribution in [2.75, 3.05) is 6.16 Å². The van der Waals surface area contributed by atoms with Crippen LogP contribution in [0.3, 0.4) is 0 Å². The molecule has 0 spiro atoms. The fraction of sp³-hybridized carbons (Fsp3) is 0.250. The van der Waals surface area contributed by atoms with Gasteiger partial charge in [0.25, 0.3) is 0 Å². The maximum absolute atomic E-state index is 10.7. The van der Waals surface area contributed by atoms with Crippen molar-refractivity contribution in [3.8, 4) is 5.75 Å². The summed E-state index contributed by atoms with van der Waals surface area (Å²) in [6.45, 7) is 4.29. The predicted molar refractivity (Wildman–Crippen MR) is 112 cm³/mol. The highest BCUT2D eigenvalue weighted by atomic mass is 31.1. The lowest BCUT2D eigenvalue weighted by Crippen LogP contribution is -2.00. The number of benzene rings is 3. The molecular weight excluding hydrogens is 351 g/mol. The average molecular weight is 376 g/mol. The first-order chi connectivity index (χ1) is 13.1. The van der Waals surface area contributed by atoms with Crippen LogP contribution in [0.5, 0.6) is 5.75 Å². The standard InChI is InChI=1S/C24H25O2P/c1-17-12-21(10-11-27-26)13-18(2)23(17)16-20-8-9-24(25)22(15-20)14-19-6-4-3-5-7-19/h3-9,12-13,15,25H,10-11,14,16H2,1-2H3. The third kappa shape index (κ3) is 5.05. The minimum atomic E-state index is 0.204. The van der Waals surface area contributed by atoms with Crippen LogP contribution in [-0.2, 0) is 23.8 Å². The Labute approximate surface area is 163 Å². The van der Waals surface area contributed by atoms with Gasteiger partial charge >= 0.3 is 0 Å². The highest BCUT2D eigenvalue weighted by Crippen LogP contribution is 2.26. The molecule has 0 aliphatic rings. The molecule has 0 unspecified atom stereocenters. The zero-order valence-electron chi connectivity index (χ0n) is 15.9. The minimum Gasteiger partial charge on any atom is -0.508 e. The van der Waals surface area contributed by atoms with Gasteiger partial charge in [-0.05, 0) is 71.7 Å². The lowest BCUT2D eigenvalue weighted by molar-refractivity contribution is 0.469. The summed E-state index contributed by atoms with van der Waals surface area (Å²) >= 11 is 0. The van der Waals surface area contributed by atoms with Gasteiger partial charge in [0.2, 0.25) is 0 Å². The molecule has 3 rings (SSSR count). The van der Waals surface area contributed by atoms with Gasteiger partial charge in [0, 0.05) is 12.6 Å². The van der Waals surface area contributed by atoms with Gasteiger partial charge in [-0.25, -0.2) is 0 Å². The van der Waals surface area contributed by atoms with E-state index in [-0.39, 0.29) is 8.46 Å². The number of aryl methyl sites for hydroxylation is 3. The van der Waals surface area contributed by atoms with Crippen LogP contribution in [0, 0.1) is 13.8 Å². The van der Waals surface area contributed by atoms with Gasteiger partial charge in [0.15, 0.2) is 8.46 Å². The van der Waals surface area contributed by atoms with Gasteiger partial charge < -0.3 is 5.11 Å². The molecule has 0 fully saturated rings. The monoisotopic (exact) mass is 376 g/mol. The fourth-order valence-corrected chi connectivity index (χ4v) is 3.94. The van der Waals surface area contributed by atoms with Gasteiger partial charge in [-0.1, -0.05) is 54.6 Å². The number of aromatic hydroxyl groups is 1. The minimum absolute atomic E-state index is 0.204. The number of hydrogen-bond donors (Lipinski definition) is 1. The van der Waals surface area contributed by atoms with Gasteiger partial charge in [-0.15, -0.1) is 0 Å². The Morgan fingerprint density at radius 2 is 1.52 bits per heavy atom. The molecule has 0 saturated heterocycles. The zero-order valence-corrected chi connectivity index (χ0v) is 16.8. The summed E-state index contributed by atoms with van der Waals surface area (Å²) in [6.07, 6.45) is 3.08. The van der Waals surface area contributed by atoms with Crippen LogP contribution in [0.1, 0.15) is 38.9 Å². The van der Waals surface area contributed by atoms with Gasteiger partial charge in [-0.2, -0.15) is 0 Å². The van der Waals surface area contributed by atoms with Crippen LogP contribution in [0.4, 0.5) is 0 Å². The highest BCUT2D eigenvalue weighted by molar-refractivity contribution is 7.23. The molecule has 0 aliphatic carbocycles. The van der Waals surface area contributed by atoms with Crippen LogP contribution < -0.4 is 0 Å². The Kier molecular flexibility index (Phi) is 6.42. The molecular formula is C24H25O2P. The molecule has 1 N–H and O–H groups in total. The molecule has 0 amide bonds. The Hall–Kier alpha value is -2.44. The summed E-state index contributed by atoms with van der Waals surface area (Å²) in [6, 6.07) is 20.6. The molecule has 2 nitrogen and oxygen atoms in total. The van der Waals surface area contributed by atoms with Crippen LogP contribution in [0.2, 0.25) is 0 Å². The maximum Gasteiger partial charge on any atom is 0.155 e. The van der Waals surface area contributed by atoms with Crippen molar-refractivity contribution < 1.29 is 9.67 Å². The lowest BCUT2D eigenvalue weighted by Gasteiger charge is -2.14. The van der Waals surface area contributed by atoms with Gasteiger partial charge in [-0.3, -0.25) is 4.57 Å². The average Bonchev–Trinajstić information content (AvgIpc) is 2.66. The smallest absolute Gasteiger partial charge is 0.155 e. The molecule has 0 heterocycles. The van der Waals surface area contributed by atoms with E-state index in [1.165, 1.54) is 33.4 Å². The normalized spacial score (nSPS) is 11.0. The summed E-state index contributed by atoms with van der Waals surface area (Å²) in [5.41, 5.74) is 8.47. The molecule has 3 heteroatoms. The van der Waals surface area contributed by atoms with Crippen molar-refractivity contribution in [1.29, 1.82) is 0 Å². The summed E-state index contributed by atoms with van der Waals surface area (Å²) in [5.74, 6) is 0.350. The van der Waals surface area contributed by atoms with E-state index in [2.05, 4.69) is 44.2 Å². The van der Waals surface area contributed by atoms with E-state index in [1.54, 1.807) is 6.07 Å². The van der Waals surface area contributed by atoms with Crippen molar-refractivity contribution >= 4 is 8.46 Å². The third-order valence-electron chi connectivity index (χ3n) is 5.01. The van der Waals surface area contributed by atoms with Crippen LogP contribution in [0.15, 0.2) is 60.7 Å². The summed E-state index contributed by atoms with van der Waals surface area (Å²) in [5, 5.41) is 10.3. The third-order valence-corrected chi connectivity index (χ3v) is 5.42. The van der Waals surface area contributed by atoms with Crippen LogP contribution in [0.25, 0.3) is 0 Å². The van der Waals surface area contributed by atoms with E-state index in [0.29, 0.717) is 11.9 Å². The molecule has 138 valence electrons. The molecule has 0 aliphatic heterocycles. The van der Waals surface area contributed by atoms with E-state index in [1.807, 2.05) is 24.3 Å². The number of phenols is 1. The summed E-state index contributed by atoms with van der Waals surface area (Å²) in [4.78, 5) is 0. The van der Waals surface area contributed by atoms with Crippen molar-refractivity contribution in [1.82, 2.24) is 0 Å². The first-order valence-electron chi connectivity index (χ1n) is 9.29. The van der Waals surface area contributed by atoms with E-state index < -0.39 is 0 Å². The first-order valence-corrected chi connectivity index (χ1v) is 10.3. The molecule has 0 aromatic heterocycles. The second-order valence-electron chi connectivity index (χ2n) is 7.11. The van der Waals surface area contributed by atoms with Crippen molar-refractivity contribution in [3.05, 3.63) is 99.6 Å². The summed E-state index contributed by atoms with van der Waals surface area (Å²) in [7, 11) is 0.204. The van der Waals surface area contributed by atoms with Crippen molar-refractivity contribution in [2.24, 2.45) is 0 Å². The highest BCUT2D eigenvalue weighted by Gasteiger charge is 2.09. The molecule has 27 heavy (non-hydrogen) atoms. The maximum atomic E-state index is 10.7. The fourth-order valence-electron chi connectivity index (χ4n) is 3.59. The van der Waals surface area contributed by atoms with Crippen LogP contribution >= 0.6 is 8.46 Å². The van der Waals surface area contributed by atoms with Crippen molar-refractivity contribution in [2.45, 2.75) is 33.1 Å². The van der Waals surface area contributed by atoms with Crippen molar-refractivity contribution in [3.63, 3.8) is 0 Å². The lowest BCUT2D eigenvalue weighted by atomic mass is 9.92. The topological polar surface area (TPSA) is 37.3 Å². The molecule has 0 atom stereocenters. The summed E-state index contributed by atoms with van der Waals surface area (Å²) < 4.78 is 10.7. The Morgan fingerprint density at radius 1 is 0.815 bits per heavy atom. The zero-order chi connectivity index (χ0) is 19.2. The van der Waals surface area contributed by atoms with E-state index in [4.69, 9.17) is 0 Å². The number of rotatable bonds is 7. The largest absolute Gasteiger partial charge is 0.508 e. The van der Waals surface area contributed by atoms with Gasteiger partial charge in [0.05, 0.1) is 0 Å². The Morgan fingerprint density at radius 3 is 2.19 bits per heavy atom. The SMILES string of the molecule is Cc1cc(CCP=O)cc(C)c1Cc1ccc(O)c(Cc2ccccc2)c1. The van der Waals surface area contributed by atoms with Crippen LogP contribution in [-0.4, -0.2) is 11.3 Å². The quantitative estimate of drug-likeness (QED) is 0.512. The number of hydrogen-bond acceptors (Lipinski definition) is 2.